The fourth-order valence-electron chi connectivity index (χ4n) is 2.49. The van der Waals surface area contributed by atoms with E-state index in [-0.39, 0.29) is 5.91 Å². The summed E-state index contributed by atoms with van der Waals surface area (Å²) in [6.45, 7) is 5.46. The van der Waals surface area contributed by atoms with Gasteiger partial charge in [-0.2, -0.15) is 0 Å². The summed E-state index contributed by atoms with van der Waals surface area (Å²) in [5.41, 5.74) is 0.833. The summed E-state index contributed by atoms with van der Waals surface area (Å²) >= 11 is 0. The fraction of sp³-hybridized carbons (Fsp3) is 0.588. The molecule has 1 aromatic carbocycles. The van der Waals surface area contributed by atoms with Crippen LogP contribution in [0.3, 0.4) is 0 Å². The Morgan fingerprint density at radius 1 is 1.19 bits per heavy atom. The molecule has 0 saturated carbocycles. The van der Waals surface area contributed by atoms with Gasteiger partial charge in [0.2, 0.25) is 5.91 Å². The summed E-state index contributed by atoms with van der Waals surface area (Å²) in [5, 5.41) is 2.95. The molecule has 1 aliphatic rings. The topological polar surface area (TPSA) is 41.6 Å². The molecule has 1 saturated heterocycles. The number of carbonyl (C=O) groups is 1. The molecule has 2 rings (SSSR count). The summed E-state index contributed by atoms with van der Waals surface area (Å²) < 4.78 is 5.61. The van der Waals surface area contributed by atoms with Gasteiger partial charge in [0.15, 0.2) is 0 Å². The largest absolute Gasteiger partial charge is 0.494 e. The van der Waals surface area contributed by atoms with E-state index >= 15 is 0 Å². The first-order valence-electron chi connectivity index (χ1n) is 8.03. The molecule has 0 spiro atoms. The number of rotatable bonds is 7. The van der Waals surface area contributed by atoms with Crippen LogP contribution in [0.25, 0.3) is 0 Å². The monoisotopic (exact) mass is 290 g/mol. The van der Waals surface area contributed by atoms with Crippen LogP contribution in [-0.4, -0.2) is 37.0 Å². The van der Waals surface area contributed by atoms with E-state index in [1.807, 2.05) is 24.3 Å². The highest BCUT2D eigenvalue weighted by molar-refractivity contribution is 5.92. The maximum Gasteiger partial charge on any atom is 0.238 e. The van der Waals surface area contributed by atoms with E-state index in [2.05, 4.69) is 17.1 Å². The SMILES string of the molecule is CCCCOc1ccc(NC(=O)CN2CCCCC2)cc1. The van der Waals surface area contributed by atoms with E-state index in [0.29, 0.717) is 6.54 Å². The highest BCUT2D eigenvalue weighted by Gasteiger charge is 2.13. The highest BCUT2D eigenvalue weighted by Crippen LogP contribution is 2.16. The van der Waals surface area contributed by atoms with Crippen LogP contribution in [0, 0.1) is 0 Å². The second-order valence-corrected chi connectivity index (χ2v) is 5.61. The smallest absolute Gasteiger partial charge is 0.238 e. The van der Waals surface area contributed by atoms with Crippen molar-refractivity contribution in [1.82, 2.24) is 4.90 Å². The van der Waals surface area contributed by atoms with E-state index in [4.69, 9.17) is 4.74 Å². The Bertz CT molecular complexity index is 425. The number of carbonyl (C=O) groups excluding carboxylic acids is 1. The first kappa shape index (κ1) is 15.8. The van der Waals surface area contributed by atoms with Gasteiger partial charge in [-0.3, -0.25) is 9.69 Å². The molecule has 4 nitrogen and oxygen atoms in total. The minimum Gasteiger partial charge on any atom is -0.494 e. The third-order valence-corrected chi connectivity index (χ3v) is 3.72. The van der Waals surface area contributed by atoms with E-state index in [0.717, 1.165) is 44.0 Å². The second-order valence-electron chi connectivity index (χ2n) is 5.61. The van der Waals surface area contributed by atoms with Crippen LogP contribution >= 0.6 is 0 Å². The molecule has 1 N–H and O–H groups in total. The van der Waals surface area contributed by atoms with Crippen LogP contribution in [0.2, 0.25) is 0 Å². The van der Waals surface area contributed by atoms with Gasteiger partial charge in [0.1, 0.15) is 5.75 Å². The summed E-state index contributed by atoms with van der Waals surface area (Å²) in [6, 6.07) is 7.61. The lowest BCUT2D eigenvalue weighted by Gasteiger charge is -2.25. The van der Waals surface area contributed by atoms with Gasteiger partial charge >= 0.3 is 0 Å². The highest BCUT2D eigenvalue weighted by atomic mass is 16.5. The molecule has 4 heteroatoms. The van der Waals surface area contributed by atoms with E-state index < -0.39 is 0 Å². The molecule has 1 amide bonds. The van der Waals surface area contributed by atoms with Crippen molar-refractivity contribution in [2.45, 2.75) is 39.0 Å². The molecule has 0 radical (unpaired) electrons. The van der Waals surface area contributed by atoms with Crippen molar-refractivity contribution >= 4 is 11.6 Å². The maximum absolute atomic E-state index is 12.0. The molecule has 1 aliphatic heterocycles. The van der Waals surface area contributed by atoms with E-state index in [9.17, 15) is 4.79 Å². The number of piperidine rings is 1. The van der Waals surface area contributed by atoms with Gasteiger partial charge < -0.3 is 10.1 Å². The average molecular weight is 290 g/mol. The van der Waals surface area contributed by atoms with Crippen LogP contribution < -0.4 is 10.1 Å². The Kier molecular flexibility index (Phi) is 6.54. The lowest BCUT2D eigenvalue weighted by atomic mass is 10.1. The minimum atomic E-state index is 0.0663. The van der Waals surface area contributed by atoms with Crippen molar-refractivity contribution in [3.8, 4) is 5.75 Å². The number of likely N-dealkylation sites (tertiary alicyclic amines) is 1. The van der Waals surface area contributed by atoms with Crippen LogP contribution in [0.15, 0.2) is 24.3 Å². The molecule has 1 fully saturated rings. The fourth-order valence-corrected chi connectivity index (χ4v) is 2.49. The molecule has 0 bridgehead atoms. The first-order valence-corrected chi connectivity index (χ1v) is 8.03. The van der Waals surface area contributed by atoms with Crippen molar-refractivity contribution in [3.05, 3.63) is 24.3 Å². The van der Waals surface area contributed by atoms with Crippen LogP contribution in [0.1, 0.15) is 39.0 Å². The van der Waals surface area contributed by atoms with Crippen molar-refractivity contribution in [2.24, 2.45) is 0 Å². The average Bonchev–Trinajstić information content (AvgIpc) is 2.50. The number of hydrogen-bond acceptors (Lipinski definition) is 3. The van der Waals surface area contributed by atoms with Crippen LogP contribution in [-0.2, 0) is 4.79 Å². The number of unbranched alkanes of at least 4 members (excludes halogenated alkanes) is 1. The molecular weight excluding hydrogens is 264 g/mol. The van der Waals surface area contributed by atoms with Crippen LogP contribution in [0.5, 0.6) is 5.75 Å². The zero-order valence-corrected chi connectivity index (χ0v) is 12.9. The van der Waals surface area contributed by atoms with Crippen molar-refractivity contribution < 1.29 is 9.53 Å². The zero-order valence-electron chi connectivity index (χ0n) is 12.9. The molecule has 21 heavy (non-hydrogen) atoms. The van der Waals surface area contributed by atoms with Gasteiger partial charge in [-0.25, -0.2) is 0 Å². The summed E-state index contributed by atoms with van der Waals surface area (Å²) in [4.78, 5) is 14.2. The third-order valence-electron chi connectivity index (χ3n) is 3.72. The van der Waals surface area contributed by atoms with Gasteiger partial charge in [0.05, 0.1) is 13.2 Å². The Hall–Kier alpha value is -1.55. The predicted octanol–water partition coefficient (Wildman–Crippen LogP) is 3.29. The Morgan fingerprint density at radius 2 is 1.90 bits per heavy atom. The number of ether oxygens (including phenoxy) is 1. The number of nitrogens with one attached hydrogen (secondary N) is 1. The number of benzene rings is 1. The van der Waals surface area contributed by atoms with Crippen molar-refractivity contribution in [2.75, 3.05) is 31.6 Å². The van der Waals surface area contributed by atoms with Gasteiger partial charge in [0.25, 0.3) is 0 Å². The van der Waals surface area contributed by atoms with Crippen LogP contribution in [0.4, 0.5) is 5.69 Å². The van der Waals surface area contributed by atoms with Gasteiger partial charge in [-0.05, 0) is 56.6 Å². The maximum atomic E-state index is 12.0. The lowest BCUT2D eigenvalue weighted by Crippen LogP contribution is -2.36. The normalized spacial score (nSPS) is 15.7. The molecular formula is C17H26N2O2. The van der Waals surface area contributed by atoms with Crippen molar-refractivity contribution in [3.63, 3.8) is 0 Å². The summed E-state index contributed by atoms with van der Waals surface area (Å²) in [7, 11) is 0. The Morgan fingerprint density at radius 3 is 2.57 bits per heavy atom. The minimum absolute atomic E-state index is 0.0663. The van der Waals surface area contributed by atoms with Gasteiger partial charge in [0, 0.05) is 5.69 Å². The molecule has 0 atom stereocenters. The predicted molar refractivity (Wildman–Crippen MR) is 85.8 cm³/mol. The van der Waals surface area contributed by atoms with Crippen molar-refractivity contribution in [1.29, 1.82) is 0 Å². The number of amides is 1. The molecule has 1 aromatic rings. The lowest BCUT2D eigenvalue weighted by molar-refractivity contribution is -0.117. The molecule has 0 aromatic heterocycles. The number of nitrogens with zero attached hydrogens (tertiary/aromatic N) is 1. The third kappa shape index (κ3) is 5.76. The summed E-state index contributed by atoms with van der Waals surface area (Å²) in [5.74, 6) is 0.925. The first-order chi connectivity index (χ1) is 10.3. The summed E-state index contributed by atoms with van der Waals surface area (Å²) in [6.07, 6.45) is 5.89. The number of hydrogen-bond donors (Lipinski definition) is 1. The molecule has 1 heterocycles. The molecule has 0 unspecified atom stereocenters. The van der Waals surface area contributed by atoms with Gasteiger partial charge in [-0.1, -0.05) is 19.8 Å². The van der Waals surface area contributed by atoms with E-state index in [1.165, 1.54) is 19.3 Å². The molecule has 116 valence electrons. The zero-order chi connectivity index (χ0) is 14.9. The second kappa shape index (κ2) is 8.67. The van der Waals surface area contributed by atoms with E-state index in [1.54, 1.807) is 0 Å². The Labute approximate surface area is 127 Å². The van der Waals surface area contributed by atoms with Gasteiger partial charge in [-0.15, -0.1) is 0 Å². The quantitative estimate of drug-likeness (QED) is 0.783. The standard InChI is InChI=1S/C17H26N2O2/c1-2-3-13-21-16-9-7-15(8-10-16)18-17(20)14-19-11-5-4-6-12-19/h7-10H,2-6,11-14H2,1H3,(H,18,20). The molecule has 0 aliphatic carbocycles. The number of anilines is 1. The Balaban J connectivity index is 1.75.